The summed E-state index contributed by atoms with van der Waals surface area (Å²) in [5.41, 5.74) is 11.8. The van der Waals surface area contributed by atoms with E-state index in [4.69, 9.17) is 54.5 Å². The van der Waals surface area contributed by atoms with Crippen LogP contribution in [0.3, 0.4) is 0 Å². The molecule has 23 heteroatoms. The van der Waals surface area contributed by atoms with Crippen LogP contribution < -0.4 is 29.2 Å². The fraction of sp³-hybridized carbons (Fsp3) is 0.467. The highest BCUT2D eigenvalue weighted by Gasteiger charge is 2.59. The van der Waals surface area contributed by atoms with Crippen LogP contribution >= 0.6 is 23.4 Å². The van der Waals surface area contributed by atoms with Gasteiger partial charge in [-0.2, -0.15) is 0 Å². The van der Waals surface area contributed by atoms with Crippen molar-refractivity contribution in [2.24, 2.45) is 53.3 Å². The number of amides is 3. The predicted molar refractivity (Wildman–Crippen MR) is 518 cm³/mol. The molecule has 9 aromatic rings. The van der Waals surface area contributed by atoms with Gasteiger partial charge in [0.2, 0.25) is 0 Å². The number of hydrogen-bond donors (Lipinski definition) is 1. The number of ether oxygens (including phenoxy) is 8. The van der Waals surface area contributed by atoms with Crippen molar-refractivity contribution in [3.8, 4) is 23.0 Å². The van der Waals surface area contributed by atoms with Crippen LogP contribution in [0.25, 0.3) is 38.3 Å². The van der Waals surface area contributed by atoms with Crippen molar-refractivity contribution in [3.05, 3.63) is 241 Å². The van der Waals surface area contributed by atoms with E-state index in [0.717, 1.165) is 169 Å². The first-order valence-corrected chi connectivity index (χ1v) is 48.3. The van der Waals surface area contributed by atoms with Crippen LogP contribution in [0.2, 0.25) is 0 Å². The number of carbonyl (C=O) groups is 4. The first-order chi connectivity index (χ1) is 63.4. The van der Waals surface area contributed by atoms with Crippen molar-refractivity contribution >= 4 is 96.4 Å². The standard InChI is InChI=1S/C34H41N3O5.C27H28N2O3.C25H36N2O2.C21H23ClN2O2S/c1-4-25-21-36(34(39)42-22-24-9-6-5-7-10-24)18-16-26(25)12-15-32(38)30-20-33(37-17-8-11-27(37)23-40-2)35-31-14-13-28(41-3)19-29(30)31;1-31-23-9-10-26-25(16-23)24(11-13-28-26)21-8-7-20-12-14-29(17-22(20)15-21)27(30)32-18-19-5-3-2-4-6-19;1-5-17-15-27-11-9-18(17)12-22(27)24-25(10-8-16(2)3)14-23(29-24)26-21-7-6-19(28-4)13-20(21)25;1-3-13(12-22)14-7-9-24-19(10-14)20(27-21(24)25)16-6-8-23-18-5-4-15(26-2)11-17(16)18/h4-7,9-10,13-14,19-20,25-27H,1,8,11-12,15-18,21-23H2,2-3H3;2-6,9-11,13,15-16,20,22H,7-8,12,14,17-18H2,1H3;5-7,13,16-18,22-24,26H,1,8-12,14-15H2,2-4H3;3-6,8,11,13-14,19-20H,1,7,9-10,12H2,2H3/t25-,26+,27-;20-,22+;17-,18?,22+,23+,24+,25-;13-,14-,19?,20-/m0110/s1. The van der Waals surface area contributed by atoms with Crippen molar-refractivity contribution in [2.45, 2.75) is 164 Å². The zero-order chi connectivity index (χ0) is 90.5. The summed E-state index contributed by atoms with van der Waals surface area (Å²) in [6.45, 7) is 24.7. The lowest BCUT2D eigenvalue weighted by Crippen LogP contribution is -2.60. The Morgan fingerprint density at radius 3 is 1.95 bits per heavy atom. The smallest absolute Gasteiger partial charge is 0.410 e. The van der Waals surface area contributed by atoms with Gasteiger partial charge in [0, 0.05) is 129 Å². The molecule has 9 saturated heterocycles. The summed E-state index contributed by atoms with van der Waals surface area (Å²) in [5, 5.41) is 6.93. The molecule has 3 amide bonds. The first-order valence-electron chi connectivity index (χ1n) is 46.9. The maximum atomic E-state index is 13.8. The Kier molecular flexibility index (Phi) is 30.6. The number of ketones is 1. The Morgan fingerprint density at radius 2 is 1.29 bits per heavy atom. The van der Waals surface area contributed by atoms with Crippen LogP contribution in [0.1, 0.15) is 154 Å². The average molecular weight is 1800 g/mol. The monoisotopic (exact) mass is 1800 g/mol. The van der Waals surface area contributed by atoms with Crippen molar-refractivity contribution in [3.63, 3.8) is 0 Å². The number of rotatable bonds is 26. The third kappa shape index (κ3) is 20.7. The quantitative estimate of drug-likeness (QED) is 0.0303. The summed E-state index contributed by atoms with van der Waals surface area (Å²) in [4.78, 5) is 76.6. The molecule has 16 atom stereocenters. The van der Waals surface area contributed by atoms with E-state index in [1.165, 1.54) is 66.4 Å². The Balaban J connectivity index is 0.000000129. The summed E-state index contributed by atoms with van der Waals surface area (Å²) < 4.78 is 45.4. The summed E-state index contributed by atoms with van der Waals surface area (Å²) in [5.74, 6) is 9.01. The molecule has 11 aliphatic rings. The molecule has 6 aromatic carbocycles. The number of likely N-dealkylation sites (tertiary alicyclic amines) is 2. The number of aromatic nitrogens is 3. The molecule has 3 unspecified atom stereocenters. The van der Waals surface area contributed by atoms with Gasteiger partial charge < -0.3 is 62.8 Å². The minimum Gasteiger partial charge on any atom is -0.497 e. The van der Waals surface area contributed by atoms with Crippen molar-refractivity contribution in [2.75, 3.05) is 111 Å². The number of carbonyl (C=O) groups excluding carboxylic acids is 4. The van der Waals surface area contributed by atoms with Gasteiger partial charge in [-0.15, -0.1) is 31.3 Å². The number of alkyl halides is 1. The van der Waals surface area contributed by atoms with Crippen LogP contribution in [-0.2, 0) is 37.6 Å². The van der Waals surface area contributed by atoms with Crippen LogP contribution in [-0.4, -0.2) is 189 Å². The summed E-state index contributed by atoms with van der Waals surface area (Å²) >= 11 is 7.60. The topological polar surface area (TPSA) is 209 Å². The first kappa shape index (κ1) is 92.8. The number of pyridine rings is 3. The number of nitrogens with one attached hydrogen (secondary N) is 1. The molecule has 0 saturated carbocycles. The Bertz CT molecular complexity index is 5510. The highest BCUT2D eigenvalue weighted by atomic mass is 35.5. The second-order valence-electron chi connectivity index (χ2n) is 37.3. The van der Waals surface area contributed by atoms with Gasteiger partial charge >= 0.3 is 12.2 Å². The third-order valence-corrected chi connectivity index (χ3v) is 31.1. The fourth-order valence-electron chi connectivity index (χ4n) is 22.2. The van der Waals surface area contributed by atoms with Gasteiger partial charge in [0.05, 0.1) is 69.0 Å². The number of thioether (sulfide) groups is 1. The van der Waals surface area contributed by atoms with Crippen LogP contribution in [0.5, 0.6) is 23.0 Å². The normalized spacial score (nSPS) is 25.9. The van der Waals surface area contributed by atoms with E-state index in [0.29, 0.717) is 98.0 Å². The number of allylic oxidation sites excluding steroid dienone is 2. The van der Waals surface area contributed by atoms with E-state index in [1.807, 2.05) is 156 Å². The van der Waals surface area contributed by atoms with E-state index in [1.54, 1.807) is 40.4 Å². The minimum atomic E-state index is -0.307. The van der Waals surface area contributed by atoms with Gasteiger partial charge in [-0.1, -0.05) is 117 Å². The van der Waals surface area contributed by atoms with Crippen molar-refractivity contribution in [1.29, 1.82) is 0 Å². The fourth-order valence-corrected chi connectivity index (χ4v) is 23.9. The lowest BCUT2D eigenvalue weighted by molar-refractivity contribution is -0.0798. The molecular weight excluding hydrogens is 1670 g/mol. The van der Waals surface area contributed by atoms with Crippen LogP contribution in [0.4, 0.5) is 25.9 Å². The molecule has 21 nitrogen and oxygen atoms in total. The number of hydrogen-bond acceptors (Lipinski definition) is 19. The predicted octanol–water partition coefficient (Wildman–Crippen LogP) is 22.1. The molecule has 0 radical (unpaired) electrons. The molecule has 3 aromatic heterocycles. The Hall–Kier alpha value is -10.5. The molecule has 20 rings (SSSR count). The number of Topliss-reactive ketones (excluding diaryl/α,β-unsaturated/α-hetero) is 1. The minimum absolute atomic E-state index is 0.0792. The molecule has 686 valence electrons. The van der Waals surface area contributed by atoms with Gasteiger partial charge in [0.15, 0.2) is 5.78 Å². The van der Waals surface area contributed by atoms with Gasteiger partial charge in [0.25, 0.3) is 5.24 Å². The van der Waals surface area contributed by atoms with Gasteiger partial charge in [-0.3, -0.25) is 24.5 Å². The molecule has 13 heterocycles. The molecule has 0 spiro atoms. The molecule has 10 aliphatic heterocycles. The number of benzene rings is 6. The number of nitrogens with zero attached hydrogens (tertiary/aromatic N) is 8. The zero-order valence-electron chi connectivity index (χ0n) is 76.5. The second-order valence-corrected chi connectivity index (χ2v) is 38.7. The summed E-state index contributed by atoms with van der Waals surface area (Å²) in [6, 6.07) is 50.8. The molecule has 1 aliphatic carbocycles. The van der Waals surface area contributed by atoms with E-state index in [-0.39, 0.29) is 76.7 Å². The van der Waals surface area contributed by atoms with Crippen LogP contribution in [0, 0.1) is 53.3 Å². The highest BCUT2D eigenvalue weighted by molar-refractivity contribution is 8.14. The average Bonchev–Trinajstić information content (AvgIpc) is 1.55. The second kappa shape index (κ2) is 42.8. The van der Waals surface area contributed by atoms with Crippen molar-refractivity contribution < 1.29 is 57.1 Å². The zero-order valence-corrected chi connectivity index (χ0v) is 78.1. The lowest BCUT2D eigenvalue weighted by Gasteiger charge is -2.53. The number of methoxy groups -OCH3 is 5. The van der Waals surface area contributed by atoms with Gasteiger partial charge in [-0.25, -0.2) is 14.6 Å². The maximum absolute atomic E-state index is 13.8. The van der Waals surface area contributed by atoms with E-state index >= 15 is 0 Å². The Labute approximate surface area is 776 Å². The van der Waals surface area contributed by atoms with Gasteiger partial charge in [0.1, 0.15) is 48.3 Å². The number of piperidine rings is 6. The van der Waals surface area contributed by atoms with Crippen molar-refractivity contribution in [1.82, 2.24) is 34.6 Å². The highest BCUT2D eigenvalue weighted by Crippen LogP contribution is 2.57. The lowest BCUT2D eigenvalue weighted by atomic mass is 9.63. The molecule has 1 N–H and O–H groups in total. The molecule has 4 bridgehead atoms. The third-order valence-electron chi connectivity index (χ3n) is 29.4. The van der Waals surface area contributed by atoms with Gasteiger partial charge in [-0.05, 0) is 261 Å². The number of anilines is 2. The largest absolute Gasteiger partial charge is 0.497 e. The molecular formula is C107H128ClN9O12S. The van der Waals surface area contributed by atoms with Crippen LogP contribution in [0.15, 0.2) is 208 Å². The summed E-state index contributed by atoms with van der Waals surface area (Å²) in [6.07, 6.45) is 27.3. The molecule has 130 heavy (non-hydrogen) atoms. The summed E-state index contributed by atoms with van der Waals surface area (Å²) in [7, 11) is 8.48. The van der Waals surface area contributed by atoms with E-state index in [9.17, 15) is 19.2 Å². The Morgan fingerprint density at radius 1 is 0.646 bits per heavy atom. The molecule has 9 fully saturated rings. The number of halogens is 1. The van der Waals surface area contributed by atoms with E-state index in [2.05, 4.69) is 101 Å². The maximum Gasteiger partial charge on any atom is 0.410 e. The number of fused-ring (bicyclic) bond motifs is 12. The van der Waals surface area contributed by atoms with E-state index < -0.39 is 0 Å². The SMILES string of the molecule is C=C[C@@H](CCl)[C@H]1CCN2C(=O)S[C@@H](c3ccnc4ccc(OC)cc34)C2C1.C=C[C@@H]1CN2CCC1C[C@H]2[C@@H]1O[C@H]2C[C@]1(CCC(C)C)c1cc(OC)ccc1N2.C=C[C@H]1CN(C(=O)OCc2ccccc2)CC[C@H]1CCC(=O)c1cc(N2CCC[C@H]2COC)nc2ccc(OC)cc12.COc1ccc2nccc(C3=C[C@H]4CN(C(=O)OCc5ccccc5)CC[C@H]4CC3)c2c1.